The monoisotopic (exact) mass is 720 g/mol. The Hall–Kier alpha value is -4.84. The minimum atomic E-state index is -1.45. The number of hydrogen-bond donors (Lipinski definition) is 2. The van der Waals surface area contributed by atoms with E-state index in [2.05, 4.69) is 30.3 Å². The van der Waals surface area contributed by atoms with Gasteiger partial charge in [0.1, 0.15) is 36.6 Å². The normalized spacial score (nSPS) is 12.5. The first-order valence-corrected chi connectivity index (χ1v) is 20.9. The molecule has 51 heavy (non-hydrogen) atoms. The van der Waals surface area contributed by atoms with E-state index in [1.54, 1.807) is 39.0 Å². The van der Waals surface area contributed by atoms with Crippen LogP contribution in [0.25, 0.3) is 0 Å². The van der Waals surface area contributed by atoms with Gasteiger partial charge in [-0.25, -0.2) is 19.2 Å². The van der Waals surface area contributed by atoms with Gasteiger partial charge in [0.05, 0.1) is 13.2 Å². The summed E-state index contributed by atoms with van der Waals surface area (Å²) >= 11 is 0. The van der Waals surface area contributed by atoms with Crippen LogP contribution < -0.4 is 15.4 Å². The number of carbonyl (C=O) groups is 4. The van der Waals surface area contributed by atoms with E-state index in [4.69, 9.17) is 23.7 Å². The van der Waals surface area contributed by atoms with Gasteiger partial charge in [0.25, 0.3) is 0 Å². The quantitative estimate of drug-likeness (QED) is 0.0605. The van der Waals surface area contributed by atoms with Crippen molar-refractivity contribution >= 4 is 32.2 Å². The molecule has 0 aliphatic heterocycles. The molecule has 0 heterocycles. The van der Waals surface area contributed by atoms with Crippen molar-refractivity contribution in [2.45, 2.75) is 96.6 Å². The highest BCUT2D eigenvalue weighted by molar-refractivity contribution is 6.76. The number of esters is 2. The minimum absolute atomic E-state index is 0.0618. The van der Waals surface area contributed by atoms with Crippen molar-refractivity contribution < 1.29 is 42.9 Å². The summed E-state index contributed by atoms with van der Waals surface area (Å²) in [6.45, 7) is 12.4. The van der Waals surface area contributed by atoms with Gasteiger partial charge < -0.3 is 34.3 Å². The van der Waals surface area contributed by atoms with E-state index >= 15 is 0 Å². The Morgan fingerprint density at radius 3 is 1.84 bits per heavy atom. The molecule has 0 radical (unpaired) electrons. The molecule has 12 heteroatoms. The molecular weight excluding hydrogens is 669 g/mol. The molecule has 0 aliphatic rings. The predicted molar refractivity (Wildman–Crippen MR) is 197 cm³/mol. The smallest absolute Gasteiger partial charge is 0.408 e. The van der Waals surface area contributed by atoms with E-state index in [0.717, 1.165) is 22.7 Å². The van der Waals surface area contributed by atoms with Crippen molar-refractivity contribution in [3.8, 4) is 5.75 Å². The average molecular weight is 721 g/mol. The Kier molecular flexibility index (Phi) is 16.0. The zero-order valence-electron chi connectivity index (χ0n) is 30.6. The third-order valence-corrected chi connectivity index (χ3v) is 9.03. The van der Waals surface area contributed by atoms with Crippen LogP contribution in [0.5, 0.6) is 5.75 Å². The van der Waals surface area contributed by atoms with Gasteiger partial charge in [-0.1, -0.05) is 92.4 Å². The Balaban J connectivity index is 1.60. The molecule has 2 N–H and O–H groups in total. The predicted octanol–water partition coefficient (Wildman–Crippen LogP) is 7.20. The zero-order valence-corrected chi connectivity index (χ0v) is 31.6. The SMILES string of the molecule is CC(C)(C)OC(=O)N[C@@H](CCCOc1cccc(C[C@H](NC(=O)OCc2ccccc2)C(=O)OCC[Si](C)(C)C)c1)C(=O)OCc1ccccc1. The van der Waals surface area contributed by atoms with E-state index in [0.29, 0.717) is 12.2 Å². The van der Waals surface area contributed by atoms with Crippen LogP contribution in [0.15, 0.2) is 84.9 Å². The number of ether oxygens (including phenoxy) is 5. The lowest BCUT2D eigenvalue weighted by Crippen LogP contribution is -2.44. The van der Waals surface area contributed by atoms with Gasteiger partial charge in [0, 0.05) is 14.5 Å². The molecule has 0 unspecified atom stereocenters. The molecule has 3 rings (SSSR count). The van der Waals surface area contributed by atoms with Gasteiger partial charge in [-0.05, 0) is 68.5 Å². The summed E-state index contributed by atoms with van der Waals surface area (Å²) in [7, 11) is -1.45. The third-order valence-electron chi connectivity index (χ3n) is 7.33. The fraction of sp³-hybridized carbons (Fsp3) is 0.436. The van der Waals surface area contributed by atoms with Crippen molar-refractivity contribution in [3.63, 3.8) is 0 Å². The zero-order chi connectivity index (χ0) is 37.3. The molecule has 276 valence electrons. The summed E-state index contributed by atoms with van der Waals surface area (Å²) in [6.07, 6.45) is -0.642. The van der Waals surface area contributed by atoms with Crippen molar-refractivity contribution in [3.05, 3.63) is 102 Å². The summed E-state index contributed by atoms with van der Waals surface area (Å²) in [5, 5.41) is 5.30. The van der Waals surface area contributed by atoms with Gasteiger partial charge in [-0.15, -0.1) is 0 Å². The lowest BCUT2D eigenvalue weighted by molar-refractivity contribution is -0.148. The Labute approximate surface area is 302 Å². The maximum absolute atomic E-state index is 13.2. The number of alkyl carbamates (subject to hydrolysis) is 2. The van der Waals surface area contributed by atoms with E-state index in [1.165, 1.54) is 0 Å². The highest BCUT2D eigenvalue weighted by atomic mass is 28.3. The largest absolute Gasteiger partial charge is 0.494 e. The van der Waals surface area contributed by atoms with Crippen LogP contribution in [0.2, 0.25) is 25.7 Å². The topological polar surface area (TPSA) is 138 Å². The number of benzene rings is 3. The lowest BCUT2D eigenvalue weighted by Gasteiger charge is -2.23. The Bertz CT molecular complexity index is 1540. The van der Waals surface area contributed by atoms with E-state index in [9.17, 15) is 19.2 Å². The second-order valence-corrected chi connectivity index (χ2v) is 20.0. The van der Waals surface area contributed by atoms with Gasteiger partial charge >= 0.3 is 24.1 Å². The molecule has 3 aromatic rings. The number of amides is 2. The molecule has 0 aromatic heterocycles. The molecule has 0 spiro atoms. The number of rotatable bonds is 18. The van der Waals surface area contributed by atoms with Gasteiger partial charge in [0.15, 0.2) is 0 Å². The summed E-state index contributed by atoms with van der Waals surface area (Å²) < 4.78 is 27.8. The van der Waals surface area contributed by atoms with Crippen LogP contribution in [0, 0.1) is 0 Å². The van der Waals surface area contributed by atoms with Crippen LogP contribution in [-0.2, 0) is 48.2 Å². The summed E-state index contributed by atoms with van der Waals surface area (Å²) in [5.41, 5.74) is 1.64. The van der Waals surface area contributed by atoms with Gasteiger partial charge in [-0.2, -0.15) is 0 Å². The molecule has 0 saturated carbocycles. The maximum atomic E-state index is 13.2. The molecule has 2 atom stereocenters. The van der Waals surface area contributed by atoms with Crippen molar-refractivity contribution in [2.75, 3.05) is 13.2 Å². The van der Waals surface area contributed by atoms with E-state index in [-0.39, 0.29) is 39.3 Å². The lowest BCUT2D eigenvalue weighted by atomic mass is 10.1. The first-order chi connectivity index (χ1) is 24.2. The van der Waals surface area contributed by atoms with Crippen molar-refractivity contribution in [1.82, 2.24) is 10.6 Å². The van der Waals surface area contributed by atoms with Gasteiger partial charge in [0.2, 0.25) is 0 Å². The van der Waals surface area contributed by atoms with Crippen molar-refractivity contribution in [1.29, 1.82) is 0 Å². The van der Waals surface area contributed by atoms with Crippen molar-refractivity contribution in [2.24, 2.45) is 0 Å². The van der Waals surface area contributed by atoms with E-state index < -0.39 is 49.9 Å². The molecule has 0 bridgehead atoms. The van der Waals surface area contributed by atoms with E-state index in [1.807, 2.05) is 66.7 Å². The first-order valence-electron chi connectivity index (χ1n) is 17.2. The maximum Gasteiger partial charge on any atom is 0.408 e. The second-order valence-electron chi connectivity index (χ2n) is 14.4. The molecule has 0 fully saturated rings. The summed E-state index contributed by atoms with van der Waals surface area (Å²) in [4.78, 5) is 51.4. The molecule has 0 aliphatic carbocycles. The summed E-state index contributed by atoms with van der Waals surface area (Å²) in [6, 6.07) is 24.6. The van der Waals surface area contributed by atoms with Crippen LogP contribution in [0.4, 0.5) is 9.59 Å². The molecule has 3 aromatic carbocycles. The Morgan fingerprint density at radius 1 is 0.667 bits per heavy atom. The first kappa shape index (κ1) is 40.6. The van der Waals surface area contributed by atoms with Crippen LogP contribution in [-0.4, -0.2) is 63.1 Å². The number of carbonyl (C=O) groups excluding carboxylic acids is 4. The second kappa shape index (κ2) is 20.1. The summed E-state index contributed by atoms with van der Waals surface area (Å²) in [5.74, 6) is -0.587. The average Bonchev–Trinajstić information content (AvgIpc) is 3.07. The highest BCUT2D eigenvalue weighted by Crippen LogP contribution is 2.17. The standard InChI is InChI=1S/C39H52N2O9Si/c1-39(2,3)50-38(45)40-33(35(42)48-27-29-15-9-7-10-16-29)21-14-22-46-32-20-13-19-31(25-32)26-34(36(43)47-23-24-51(4,5)6)41-37(44)49-28-30-17-11-8-12-18-30/h7-13,15-20,25,33-34H,14,21-24,26-28H2,1-6H3,(H,40,45)(H,41,44)/t33-,34-/m0/s1. The molecular formula is C39H52N2O9Si. The fourth-order valence-electron chi connectivity index (χ4n) is 4.66. The number of nitrogens with one attached hydrogen (secondary N) is 2. The van der Waals surface area contributed by atoms with Crippen LogP contribution in [0.3, 0.4) is 0 Å². The Morgan fingerprint density at radius 2 is 1.24 bits per heavy atom. The minimum Gasteiger partial charge on any atom is -0.494 e. The van der Waals surface area contributed by atoms with Gasteiger partial charge in [-0.3, -0.25) is 0 Å². The van der Waals surface area contributed by atoms with Crippen LogP contribution in [0.1, 0.15) is 50.3 Å². The van der Waals surface area contributed by atoms with Crippen LogP contribution >= 0.6 is 0 Å². The number of hydrogen-bond acceptors (Lipinski definition) is 9. The highest BCUT2D eigenvalue weighted by Gasteiger charge is 2.27. The molecule has 11 nitrogen and oxygen atoms in total. The fourth-order valence-corrected chi connectivity index (χ4v) is 5.38. The third kappa shape index (κ3) is 17.1. The molecule has 0 saturated heterocycles. The molecule has 2 amide bonds.